The van der Waals surface area contributed by atoms with Crippen molar-refractivity contribution < 1.29 is 29.0 Å². The Morgan fingerprint density at radius 1 is 0.796 bits per heavy atom. The molecule has 1 aliphatic carbocycles. The molecule has 1 aliphatic rings. The Labute approximate surface area is 288 Å². The highest BCUT2D eigenvalue weighted by Crippen LogP contribution is 2.48. The van der Waals surface area contributed by atoms with Gasteiger partial charge < -0.3 is 25.2 Å². The molecule has 0 radical (unpaired) electrons. The number of aryl methyl sites for hydroxylation is 3. The molecule has 4 aromatic carbocycles. The smallest absolute Gasteiger partial charge is 0.235 e. The molecule has 0 saturated heterocycles. The molecule has 4 atom stereocenters. The Morgan fingerprint density at radius 3 is 1.98 bits per heavy atom. The number of Topliss-reactive ketones (excluding diaryl/α,β-unsaturated/α-hetero) is 1. The quantitative estimate of drug-likeness (QED) is 0.136. The van der Waals surface area contributed by atoms with Crippen molar-refractivity contribution in [1.82, 2.24) is 0 Å². The van der Waals surface area contributed by atoms with Crippen LogP contribution >= 0.6 is 0 Å². The molecule has 0 heterocycles. The molecule has 4 unspecified atom stereocenters. The maximum absolute atomic E-state index is 14.4. The van der Waals surface area contributed by atoms with Gasteiger partial charge in [0.05, 0.1) is 18.1 Å². The summed E-state index contributed by atoms with van der Waals surface area (Å²) >= 11 is 0. The second-order valence-electron chi connectivity index (χ2n) is 12.9. The second kappa shape index (κ2) is 15.5. The van der Waals surface area contributed by atoms with Crippen LogP contribution in [-0.4, -0.2) is 34.9 Å². The molecule has 2 amide bonds. The fourth-order valence-corrected chi connectivity index (χ4v) is 6.78. The van der Waals surface area contributed by atoms with Gasteiger partial charge in [0.1, 0.15) is 18.3 Å². The largest absolute Gasteiger partial charge is 0.490 e. The molecule has 0 bridgehead atoms. The number of benzene rings is 4. The summed E-state index contributed by atoms with van der Waals surface area (Å²) in [5.74, 6) is -4.02. The minimum atomic E-state index is -1.75. The van der Waals surface area contributed by atoms with Crippen LogP contribution in [0.5, 0.6) is 11.5 Å². The SMILES string of the molecule is CCOc1cc(C2C(C(=O)Nc3ccccc3CC)C(=O)CC(C)(O)C2C(=O)Nc2ccccc2CC)ccc1OCc1ccc(C)cc1. The van der Waals surface area contributed by atoms with Crippen molar-refractivity contribution in [2.75, 3.05) is 17.2 Å². The third-order valence-corrected chi connectivity index (χ3v) is 9.31. The normalized spacial score (nSPS) is 20.4. The number of aliphatic hydroxyl groups is 1. The molecule has 3 N–H and O–H groups in total. The lowest BCUT2D eigenvalue weighted by Gasteiger charge is -2.44. The Hall–Kier alpha value is -4.95. The van der Waals surface area contributed by atoms with Crippen LogP contribution in [0.2, 0.25) is 0 Å². The Bertz CT molecular complexity index is 1800. The van der Waals surface area contributed by atoms with Crippen LogP contribution in [0.15, 0.2) is 91.0 Å². The van der Waals surface area contributed by atoms with Gasteiger partial charge in [-0.05, 0) is 80.1 Å². The van der Waals surface area contributed by atoms with Crippen LogP contribution in [-0.2, 0) is 33.8 Å². The van der Waals surface area contributed by atoms with Gasteiger partial charge >= 0.3 is 0 Å². The average molecular weight is 663 g/mol. The van der Waals surface area contributed by atoms with Crippen molar-refractivity contribution >= 4 is 29.0 Å². The fourth-order valence-electron chi connectivity index (χ4n) is 6.78. The number of anilines is 2. The van der Waals surface area contributed by atoms with Gasteiger partial charge in [-0.3, -0.25) is 14.4 Å². The summed E-state index contributed by atoms with van der Waals surface area (Å²) < 4.78 is 12.2. The van der Waals surface area contributed by atoms with Crippen LogP contribution in [0.3, 0.4) is 0 Å². The molecule has 0 spiro atoms. The summed E-state index contributed by atoms with van der Waals surface area (Å²) in [5.41, 5.74) is 3.96. The minimum Gasteiger partial charge on any atom is -0.490 e. The van der Waals surface area contributed by atoms with E-state index >= 15 is 0 Å². The molecule has 256 valence electrons. The van der Waals surface area contributed by atoms with E-state index in [1.54, 1.807) is 24.3 Å². The highest BCUT2D eigenvalue weighted by Gasteiger charge is 2.56. The van der Waals surface area contributed by atoms with E-state index in [0.29, 0.717) is 54.5 Å². The van der Waals surface area contributed by atoms with E-state index in [-0.39, 0.29) is 6.42 Å². The van der Waals surface area contributed by atoms with E-state index in [2.05, 4.69) is 10.6 Å². The summed E-state index contributed by atoms with van der Waals surface area (Å²) in [6.07, 6.45) is 1.00. The zero-order chi connectivity index (χ0) is 35.1. The number of amides is 2. The number of carbonyl (C=O) groups excluding carboxylic acids is 3. The van der Waals surface area contributed by atoms with Crippen molar-refractivity contribution in [1.29, 1.82) is 0 Å². The Morgan fingerprint density at radius 2 is 1.39 bits per heavy atom. The third kappa shape index (κ3) is 8.03. The van der Waals surface area contributed by atoms with Gasteiger partial charge in [-0.1, -0.05) is 86.1 Å². The van der Waals surface area contributed by atoms with Gasteiger partial charge in [0.25, 0.3) is 0 Å². The number of rotatable bonds is 12. The van der Waals surface area contributed by atoms with Crippen molar-refractivity contribution in [2.24, 2.45) is 11.8 Å². The number of hydrogen-bond acceptors (Lipinski definition) is 6. The van der Waals surface area contributed by atoms with E-state index in [1.807, 2.05) is 94.4 Å². The number of nitrogens with one attached hydrogen (secondary N) is 2. The Kier molecular flexibility index (Phi) is 11.2. The van der Waals surface area contributed by atoms with Crippen LogP contribution in [0, 0.1) is 18.8 Å². The van der Waals surface area contributed by atoms with Crippen LogP contribution in [0.1, 0.15) is 67.9 Å². The van der Waals surface area contributed by atoms with Crippen LogP contribution in [0.4, 0.5) is 11.4 Å². The Balaban J connectivity index is 1.58. The molecule has 0 aliphatic heterocycles. The summed E-state index contributed by atoms with van der Waals surface area (Å²) in [4.78, 5) is 42.5. The summed E-state index contributed by atoms with van der Waals surface area (Å²) in [5, 5.41) is 17.9. The number of hydrogen-bond donors (Lipinski definition) is 3. The van der Waals surface area contributed by atoms with Gasteiger partial charge in [-0.25, -0.2) is 0 Å². The van der Waals surface area contributed by atoms with Crippen LogP contribution in [0.25, 0.3) is 0 Å². The van der Waals surface area contributed by atoms with E-state index in [0.717, 1.165) is 22.3 Å². The van der Waals surface area contributed by atoms with Gasteiger partial charge in [0, 0.05) is 23.7 Å². The van der Waals surface area contributed by atoms with Crippen molar-refractivity contribution in [2.45, 2.75) is 72.0 Å². The average Bonchev–Trinajstić information content (AvgIpc) is 3.08. The predicted molar refractivity (Wildman–Crippen MR) is 192 cm³/mol. The highest BCUT2D eigenvalue weighted by molar-refractivity contribution is 6.10. The number of ketones is 1. The monoisotopic (exact) mass is 662 g/mol. The molecule has 5 rings (SSSR count). The molecule has 4 aromatic rings. The molecule has 8 heteroatoms. The third-order valence-electron chi connectivity index (χ3n) is 9.31. The summed E-state index contributed by atoms with van der Waals surface area (Å²) in [6.45, 7) is 10.0. The fraction of sp³-hybridized carbons (Fsp3) is 0.341. The molecular weight excluding hydrogens is 616 g/mol. The first kappa shape index (κ1) is 35.4. The second-order valence-corrected chi connectivity index (χ2v) is 12.9. The standard InChI is InChI=1S/C41H46N2O6/c1-6-28-13-9-11-15-31(28)42-39(45)37-33(44)24-41(5,47)38(40(46)43-32-16-12-10-14-29(32)7-2)36(37)30-21-22-34(35(23-30)48-8-3)49-25-27-19-17-26(4)18-20-27/h9-23,36-38,47H,6-8,24-25H2,1-5H3,(H,42,45)(H,43,46). The van der Waals surface area contributed by atoms with Crippen molar-refractivity contribution in [3.05, 3.63) is 119 Å². The topological polar surface area (TPSA) is 114 Å². The number of ether oxygens (including phenoxy) is 2. The first-order valence-electron chi connectivity index (χ1n) is 17.0. The molecule has 1 fully saturated rings. The van der Waals surface area contributed by atoms with E-state index < -0.39 is 41.0 Å². The van der Waals surface area contributed by atoms with E-state index in [4.69, 9.17) is 9.47 Å². The lowest BCUT2D eigenvalue weighted by Crippen LogP contribution is -2.56. The lowest BCUT2D eigenvalue weighted by molar-refractivity contribution is -0.150. The zero-order valence-corrected chi connectivity index (χ0v) is 28.9. The molecular formula is C41H46N2O6. The van der Waals surface area contributed by atoms with Gasteiger partial charge in [0.15, 0.2) is 11.5 Å². The lowest BCUT2D eigenvalue weighted by atomic mass is 9.61. The first-order chi connectivity index (χ1) is 23.6. The van der Waals surface area contributed by atoms with Crippen LogP contribution < -0.4 is 20.1 Å². The van der Waals surface area contributed by atoms with Gasteiger partial charge in [0.2, 0.25) is 11.8 Å². The molecule has 49 heavy (non-hydrogen) atoms. The van der Waals surface area contributed by atoms with E-state index in [9.17, 15) is 19.5 Å². The highest BCUT2D eigenvalue weighted by atomic mass is 16.5. The zero-order valence-electron chi connectivity index (χ0n) is 28.9. The molecule has 1 saturated carbocycles. The minimum absolute atomic E-state index is 0.306. The van der Waals surface area contributed by atoms with Crippen molar-refractivity contribution in [3.63, 3.8) is 0 Å². The predicted octanol–water partition coefficient (Wildman–Crippen LogP) is 7.41. The number of carbonyl (C=O) groups is 3. The number of para-hydroxylation sites is 2. The molecule has 0 aromatic heterocycles. The summed E-state index contributed by atoms with van der Waals surface area (Å²) in [6, 6.07) is 28.2. The maximum Gasteiger partial charge on any atom is 0.235 e. The van der Waals surface area contributed by atoms with E-state index in [1.165, 1.54) is 6.92 Å². The molecule has 8 nitrogen and oxygen atoms in total. The van der Waals surface area contributed by atoms with Gasteiger partial charge in [-0.15, -0.1) is 0 Å². The van der Waals surface area contributed by atoms with Crippen molar-refractivity contribution in [3.8, 4) is 11.5 Å². The van der Waals surface area contributed by atoms with Gasteiger partial charge in [-0.2, -0.15) is 0 Å². The summed E-state index contributed by atoms with van der Waals surface area (Å²) in [7, 11) is 0. The maximum atomic E-state index is 14.4. The first-order valence-corrected chi connectivity index (χ1v) is 17.0.